The fourth-order valence-electron chi connectivity index (χ4n) is 0.941. The van der Waals surface area contributed by atoms with Crippen LogP contribution in [0.2, 0.25) is 5.15 Å². The van der Waals surface area contributed by atoms with Gasteiger partial charge in [0.15, 0.2) is 0 Å². The Balaban J connectivity index is 2.75. The quantitative estimate of drug-likeness (QED) is 0.822. The van der Waals surface area contributed by atoms with Crippen molar-refractivity contribution in [2.45, 2.75) is 26.8 Å². The van der Waals surface area contributed by atoms with E-state index in [0.717, 1.165) is 16.3 Å². The van der Waals surface area contributed by atoms with Gasteiger partial charge in [-0.1, -0.05) is 25.4 Å². The number of hydrogen-bond acceptors (Lipinski definition) is 3. The van der Waals surface area contributed by atoms with Gasteiger partial charge in [0.05, 0.1) is 9.88 Å². The summed E-state index contributed by atoms with van der Waals surface area (Å²) >= 11 is 7.47. The lowest BCUT2D eigenvalue weighted by Gasteiger charge is -1.97. The molecule has 0 amide bonds. The Bertz CT molecular complexity index is 258. The maximum absolute atomic E-state index is 5.85. The molecule has 0 unspecified atom stereocenters. The Morgan fingerprint density at radius 3 is 2.67 bits per heavy atom. The first kappa shape index (κ1) is 9.96. The molecule has 0 aromatic carbocycles. The predicted octanol–water partition coefficient (Wildman–Crippen LogP) is 2.45. The van der Waals surface area contributed by atoms with Gasteiger partial charge < -0.3 is 5.73 Å². The largest absolute Gasteiger partial charge is 0.326 e. The van der Waals surface area contributed by atoms with Crippen molar-refractivity contribution in [3.63, 3.8) is 0 Å². The third kappa shape index (κ3) is 2.44. The second kappa shape index (κ2) is 4.21. The number of nitrogens with zero attached hydrogens (tertiary/aromatic N) is 1. The van der Waals surface area contributed by atoms with Crippen LogP contribution in [0.1, 0.15) is 23.7 Å². The van der Waals surface area contributed by atoms with Crippen LogP contribution < -0.4 is 5.73 Å². The number of aromatic nitrogens is 1. The van der Waals surface area contributed by atoms with Crippen LogP contribution in [0.4, 0.5) is 0 Å². The predicted molar refractivity (Wildman–Crippen MR) is 53.6 cm³/mol. The van der Waals surface area contributed by atoms with Gasteiger partial charge in [0.2, 0.25) is 0 Å². The topological polar surface area (TPSA) is 38.9 Å². The molecule has 0 spiro atoms. The van der Waals surface area contributed by atoms with Gasteiger partial charge in [0.25, 0.3) is 0 Å². The van der Waals surface area contributed by atoms with Crippen LogP contribution in [0.5, 0.6) is 0 Å². The van der Waals surface area contributed by atoms with Crippen molar-refractivity contribution in [1.82, 2.24) is 4.98 Å². The Hall–Kier alpha value is -0.120. The summed E-state index contributed by atoms with van der Waals surface area (Å²) in [5.41, 5.74) is 5.48. The molecule has 68 valence electrons. The molecule has 0 aliphatic heterocycles. The van der Waals surface area contributed by atoms with Gasteiger partial charge in [-0.15, -0.1) is 11.3 Å². The summed E-state index contributed by atoms with van der Waals surface area (Å²) < 4.78 is 0. The average Bonchev–Trinajstić information content (AvgIpc) is 2.29. The first-order valence-corrected chi connectivity index (χ1v) is 5.17. The van der Waals surface area contributed by atoms with E-state index >= 15 is 0 Å². The molecular formula is C8H13ClN2S. The fourth-order valence-corrected chi connectivity index (χ4v) is 2.34. The zero-order chi connectivity index (χ0) is 9.14. The Kier molecular flexibility index (Phi) is 3.50. The molecule has 0 saturated heterocycles. The van der Waals surface area contributed by atoms with Gasteiger partial charge >= 0.3 is 0 Å². The second-order valence-corrected chi connectivity index (χ2v) is 4.65. The van der Waals surface area contributed by atoms with E-state index in [4.69, 9.17) is 17.3 Å². The molecule has 12 heavy (non-hydrogen) atoms. The maximum Gasteiger partial charge on any atom is 0.144 e. The third-order valence-electron chi connectivity index (χ3n) is 1.46. The molecule has 1 rings (SSSR count). The van der Waals surface area contributed by atoms with Crippen LogP contribution in [-0.4, -0.2) is 4.98 Å². The molecule has 0 radical (unpaired) electrons. The monoisotopic (exact) mass is 204 g/mol. The van der Waals surface area contributed by atoms with Crippen molar-refractivity contribution in [2.75, 3.05) is 0 Å². The van der Waals surface area contributed by atoms with Crippen LogP contribution in [0.25, 0.3) is 0 Å². The highest BCUT2D eigenvalue weighted by atomic mass is 35.5. The van der Waals surface area contributed by atoms with Gasteiger partial charge in [-0.3, -0.25) is 0 Å². The molecule has 0 bridgehead atoms. The summed E-state index contributed by atoms with van der Waals surface area (Å²) in [5.74, 6) is 0.623. The number of halogens is 1. The van der Waals surface area contributed by atoms with Crippen molar-refractivity contribution in [1.29, 1.82) is 0 Å². The number of rotatable bonds is 3. The van der Waals surface area contributed by atoms with Crippen molar-refractivity contribution in [3.8, 4) is 0 Å². The van der Waals surface area contributed by atoms with E-state index in [9.17, 15) is 0 Å². The van der Waals surface area contributed by atoms with Crippen molar-refractivity contribution < 1.29 is 0 Å². The van der Waals surface area contributed by atoms with E-state index in [-0.39, 0.29) is 0 Å². The molecule has 0 saturated carbocycles. The number of nitrogens with two attached hydrogens (primary N) is 1. The molecule has 2 nitrogen and oxygen atoms in total. The lowest BCUT2D eigenvalue weighted by molar-refractivity contribution is 0.644. The highest BCUT2D eigenvalue weighted by Gasteiger charge is 2.08. The Labute approximate surface area is 81.8 Å². The Morgan fingerprint density at radius 2 is 2.25 bits per heavy atom. The van der Waals surface area contributed by atoms with Crippen LogP contribution in [0.3, 0.4) is 0 Å². The number of thiazole rings is 1. The van der Waals surface area contributed by atoms with E-state index in [1.54, 1.807) is 11.3 Å². The zero-order valence-corrected chi connectivity index (χ0v) is 8.87. The highest BCUT2D eigenvalue weighted by Crippen LogP contribution is 2.24. The summed E-state index contributed by atoms with van der Waals surface area (Å²) in [5, 5.41) is 1.67. The molecular weight excluding hydrogens is 192 g/mol. The Morgan fingerprint density at radius 1 is 1.58 bits per heavy atom. The first-order valence-electron chi connectivity index (χ1n) is 3.97. The zero-order valence-electron chi connectivity index (χ0n) is 7.30. The number of hydrogen-bond donors (Lipinski definition) is 1. The van der Waals surface area contributed by atoms with Crippen LogP contribution in [0, 0.1) is 5.92 Å². The van der Waals surface area contributed by atoms with E-state index in [2.05, 4.69) is 18.8 Å². The molecule has 1 aromatic rings. The average molecular weight is 205 g/mol. The minimum absolute atomic E-state index is 0.495. The van der Waals surface area contributed by atoms with Gasteiger partial charge in [0.1, 0.15) is 5.15 Å². The van der Waals surface area contributed by atoms with Gasteiger partial charge in [-0.25, -0.2) is 4.98 Å². The van der Waals surface area contributed by atoms with Gasteiger partial charge in [-0.2, -0.15) is 0 Å². The van der Waals surface area contributed by atoms with Crippen molar-refractivity contribution in [3.05, 3.63) is 15.0 Å². The highest BCUT2D eigenvalue weighted by molar-refractivity contribution is 7.12. The summed E-state index contributed by atoms with van der Waals surface area (Å²) in [7, 11) is 0. The lowest BCUT2D eigenvalue weighted by Crippen LogP contribution is -1.92. The maximum atomic E-state index is 5.85. The first-order chi connectivity index (χ1) is 5.63. The lowest BCUT2D eigenvalue weighted by atomic mass is 10.1. The normalized spacial score (nSPS) is 11.1. The van der Waals surface area contributed by atoms with E-state index in [1.807, 2.05) is 0 Å². The second-order valence-electron chi connectivity index (χ2n) is 3.12. The van der Waals surface area contributed by atoms with E-state index < -0.39 is 0 Å². The molecule has 1 heterocycles. The van der Waals surface area contributed by atoms with E-state index in [0.29, 0.717) is 17.6 Å². The minimum atomic E-state index is 0.495. The summed E-state index contributed by atoms with van der Waals surface area (Å²) in [6.07, 6.45) is 0.990. The van der Waals surface area contributed by atoms with Crippen molar-refractivity contribution in [2.24, 2.45) is 11.7 Å². The fraction of sp³-hybridized carbons (Fsp3) is 0.625. The summed E-state index contributed by atoms with van der Waals surface area (Å²) in [4.78, 5) is 5.22. The van der Waals surface area contributed by atoms with Gasteiger partial charge in [0, 0.05) is 13.0 Å². The molecule has 0 fully saturated rings. The van der Waals surface area contributed by atoms with Crippen molar-refractivity contribution >= 4 is 22.9 Å². The standard InChI is InChI=1S/C8H13ClN2S/c1-5(2)3-7-11-8(9)6(4-10)12-7/h5H,3-4,10H2,1-2H3. The smallest absolute Gasteiger partial charge is 0.144 e. The van der Waals surface area contributed by atoms with Crippen LogP contribution >= 0.6 is 22.9 Å². The summed E-state index contributed by atoms with van der Waals surface area (Å²) in [6.45, 7) is 4.82. The third-order valence-corrected chi connectivity index (χ3v) is 2.99. The molecule has 1 aromatic heterocycles. The molecule has 0 atom stereocenters. The van der Waals surface area contributed by atoms with E-state index in [1.165, 1.54) is 0 Å². The van der Waals surface area contributed by atoms with Crippen LogP contribution in [-0.2, 0) is 13.0 Å². The van der Waals surface area contributed by atoms with Crippen LogP contribution in [0.15, 0.2) is 0 Å². The van der Waals surface area contributed by atoms with Gasteiger partial charge in [-0.05, 0) is 5.92 Å². The molecule has 2 N–H and O–H groups in total. The molecule has 0 aliphatic carbocycles. The minimum Gasteiger partial charge on any atom is -0.326 e. The summed E-state index contributed by atoms with van der Waals surface area (Å²) in [6, 6.07) is 0. The molecule has 0 aliphatic rings. The molecule has 4 heteroatoms. The SMILES string of the molecule is CC(C)Cc1nc(Cl)c(CN)s1.